The van der Waals surface area contributed by atoms with Crippen molar-refractivity contribution in [2.75, 3.05) is 7.05 Å². The molecule has 0 spiro atoms. The Bertz CT molecular complexity index is 785. The predicted molar refractivity (Wildman–Crippen MR) is 95.8 cm³/mol. The Morgan fingerprint density at radius 3 is 2.09 bits per heavy atom. The second-order valence-corrected chi connectivity index (χ2v) is 7.44. The summed E-state index contributed by atoms with van der Waals surface area (Å²) in [6.45, 7) is 0. The van der Waals surface area contributed by atoms with Crippen molar-refractivity contribution >= 4 is 52.3 Å². The van der Waals surface area contributed by atoms with Crippen LogP contribution in [-0.2, 0) is 4.79 Å². The molecular weight excluding hydrogens is 350 g/mol. The quantitative estimate of drug-likeness (QED) is 0.708. The minimum absolute atomic E-state index is 0.240. The molecule has 1 aliphatic heterocycles. The zero-order chi connectivity index (χ0) is 16.4. The summed E-state index contributed by atoms with van der Waals surface area (Å²) in [5, 5.41) is 0.478. The molecule has 6 heteroatoms. The minimum Gasteiger partial charge on any atom is -0.272 e. The summed E-state index contributed by atoms with van der Waals surface area (Å²) in [5.41, 5.74) is 0.893. The topological polar surface area (TPSA) is 37.4 Å². The maximum atomic E-state index is 11.9. The number of imide groups is 1. The van der Waals surface area contributed by atoms with Crippen LogP contribution in [0.4, 0.5) is 4.79 Å². The smallest absolute Gasteiger partial charge is 0.272 e. The van der Waals surface area contributed by atoms with Crippen LogP contribution in [0.3, 0.4) is 0 Å². The normalized spacial score (nSPS) is 16.4. The Morgan fingerprint density at radius 2 is 1.57 bits per heavy atom. The summed E-state index contributed by atoms with van der Waals surface area (Å²) >= 11 is 8.48. The van der Waals surface area contributed by atoms with Crippen molar-refractivity contribution in [1.82, 2.24) is 4.90 Å². The third kappa shape index (κ3) is 3.80. The monoisotopic (exact) mass is 361 g/mol. The number of nitrogens with zero attached hydrogens (tertiary/aromatic N) is 1. The molecule has 0 N–H and O–H groups in total. The second-order valence-electron chi connectivity index (χ2n) is 4.87. The van der Waals surface area contributed by atoms with Gasteiger partial charge in [0.05, 0.1) is 4.91 Å². The van der Waals surface area contributed by atoms with E-state index in [0.717, 1.165) is 37.0 Å². The molecule has 0 radical (unpaired) electrons. The molecule has 1 fully saturated rings. The van der Waals surface area contributed by atoms with Crippen LogP contribution in [0.2, 0.25) is 5.02 Å². The maximum Gasteiger partial charge on any atom is 0.293 e. The van der Waals surface area contributed by atoms with Gasteiger partial charge in [-0.3, -0.25) is 14.5 Å². The van der Waals surface area contributed by atoms with Crippen LogP contribution in [0, 0.1) is 0 Å². The number of thioether (sulfide) groups is 1. The van der Waals surface area contributed by atoms with E-state index in [-0.39, 0.29) is 11.1 Å². The van der Waals surface area contributed by atoms with Gasteiger partial charge >= 0.3 is 0 Å². The van der Waals surface area contributed by atoms with Crippen LogP contribution in [0.5, 0.6) is 0 Å². The lowest BCUT2D eigenvalue weighted by Gasteiger charge is -2.03. The average molecular weight is 362 g/mol. The summed E-state index contributed by atoms with van der Waals surface area (Å²) in [6.07, 6.45) is 1.74. The molecule has 0 aromatic heterocycles. The average Bonchev–Trinajstić information content (AvgIpc) is 2.79. The summed E-state index contributed by atoms with van der Waals surface area (Å²) < 4.78 is 0. The second kappa shape index (κ2) is 6.83. The van der Waals surface area contributed by atoms with E-state index in [4.69, 9.17) is 11.6 Å². The van der Waals surface area contributed by atoms with Gasteiger partial charge in [-0.25, -0.2) is 0 Å². The lowest BCUT2D eigenvalue weighted by atomic mass is 10.2. The van der Waals surface area contributed by atoms with Crippen molar-refractivity contribution < 1.29 is 9.59 Å². The van der Waals surface area contributed by atoms with E-state index in [0.29, 0.717) is 4.91 Å². The van der Waals surface area contributed by atoms with Gasteiger partial charge in [-0.05, 0) is 59.8 Å². The fourth-order valence-electron chi connectivity index (χ4n) is 1.97. The standard InChI is InChI=1S/C17H12ClNO2S2/c1-19-16(20)15(23-17(19)21)10-11-2-6-13(7-3-11)22-14-8-4-12(18)5-9-14/h2-10H,1H3. The summed E-state index contributed by atoms with van der Waals surface area (Å²) in [5.74, 6) is -0.250. The van der Waals surface area contributed by atoms with Gasteiger partial charge in [0.25, 0.3) is 11.1 Å². The van der Waals surface area contributed by atoms with Crippen LogP contribution in [0.15, 0.2) is 63.2 Å². The third-order valence-electron chi connectivity index (χ3n) is 3.21. The van der Waals surface area contributed by atoms with Crippen molar-refractivity contribution in [2.45, 2.75) is 9.79 Å². The molecule has 2 aromatic rings. The van der Waals surface area contributed by atoms with Gasteiger partial charge in [-0.1, -0.05) is 35.5 Å². The van der Waals surface area contributed by atoms with Gasteiger partial charge in [-0.15, -0.1) is 0 Å². The lowest BCUT2D eigenvalue weighted by molar-refractivity contribution is -0.121. The zero-order valence-electron chi connectivity index (χ0n) is 12.2. The van der Waals surface area contributed by atoms with Gasteiger partial charge in [0, 0.05) is 21.9 Å². The Balaban J connectivity index is 1.74. The number of rotatable bonds is 3. The summed E-state index contributed by atoms with van der Waals surface area (Å²) in [6, 6.07) is 15.5. The highest BCUT2D eigenvalue weighted by Gasteiger charge is 2.31. The van der Waals surface area contributed by atoms with Gasteiger partial charge in [0.2, 0.25) is 0 Å². The maximum absolute atomic E-state index is 11.9. The largest absolute Gasteiger partial charge is 0.293 e. The molecule has 116 valence electrons. The van der Waals surface area contributed by atoms with Crippen LogP contribution in [0.1, 0.15) is 5.56 Å². The van der Waals surface area contributed by atoms with Crippen molar-refractivity contribution in [3.05, 3.63) is 64.0 Å². The van der Waals surface area contributed by atoms with E-state index < -0.39 is 0 Å². The first-order chi connectivity index (χ1) is 11.0. The number of benzene rings is 2. The first-order valence-electron chi connectivity index (χ1n) is 6.78. The fraction of sp³-hybridized carbons (Fsp3) is 0.0588. The minimum atomic E-state index is -0.250. The van der Waals surface area contributed by atoms with Crippen molar-refractivity contribution in [2.24, 2.45) is 0 Å². The number of halogens is 1. The van der Waals surface area contributed by atoms with Crippen LogP contribution in [0.25, 0.3) is 6.08 Å². The molecule has 2 aromatic carbocycles. The highest BCUT2D eigenvalue weighted by atomic mass is 35.5. The van der Waals surface area contributed by atoms with Crippen molar-refractivity contribution in [1.29, 1.82) is 0 Å². The fourth-order valence-corrected chi connectivity index (χ4v) is 3.74. The van der Waals surface area contributed by atoms with Crippen molar-refractivity contribution in [3.63, 3.8) is 0 Å². The number of carbonyl (C=O) groups is 2. The van der Waals surface area contributed by atoms with E-state index in [1.165, 1.54) is 7.05 Å². The number of amides is 2. The van der Waals surface area contributed by atoms with Gasteiger partial charge in [-0.2, -0.15) is 0 Å². The molecule has 0 aliphatic carbocycles. The third-order valence-corrected chi connectivity index (χ3v) is 5.44. The highest BCUT2D eigenvalue weighted by Crippen LogP contribution is 2.32. The Labute approximate surface area is 147 Å². The first-order valence-corrected chi connectivity index (χ1v) is 8.79. The summed E-state index contributed by atoms with van der Waals surface area (Å²) in [7, 11) is 1.49. The molecule has 2 amide bonds. The molecule has 0 atom stereocenters. The van der Waals surface area contributed by atoms with Crippen LogP contribution < -0.4 is 0 Å². The van der Waals surface area contributed by atoms with Crippen LogP contribution >= 0.6 is 35.1 Å². The number of carbonyl (C=O) groups excluding carboxylic acids is 2. The van der Waals surface area contributed by atoms with Crippen molar-refractivity contribution in [3.8, 4) is 0 Å². The highest BCUT2D eigenvalue weighted by molar-refractivity contribution is 8.18. The Morgan fingerprint density at radius 1 is 1.00 bits per heavy atom. The SMILES string of the molecule is CN1C(=O)SC(=Cc2ccc(Sc3ccc(Cl)cc3)cc2)C1=O. The van der Waals surface area contributed by atoms with Gasteiger partial charge < -0.3 is 0 Å². The molecule has 3 rings (SSSR count). The molecule has 0 unspecified atom stereocenters. The molecule has 3 nitrogen and oxygen atoms in total. The van der Waals surface area contributed by atoms with Crippen LogP contribution in [-0.4, -0.2) is 23.1 Å². The van der Waals surface area contributed by atoms with E-state index in [9.17, 15) is 9.59 Å². The molecule has 0 saturated carbocycles. The molecule has 1 heterocycles. The Kier molecular flexibility index (Phi) is 4.80. The molecule has 1 saturated heterocycles. The van der Waals surface area contributed by atoms with Gasteiger partial charge in [0.15, 0.2) is 0 Å². The number of likely N-dealkylation sites (N-methyl/N-ethyl adjacent to an activating group) is 1. The van der Waals surface area contributed by atoms with E-state index in [1.54, 1.807) is 17.8 Å². The molecule has 0 bridgehead atoms. The number of hydrogen-bond donors (Lipinski definition) is 0. The van der Waals surface area contributed by atoms with E-state index >= 15 is 0 Å². The van der Waals surface area contributed by atoms with E-state index in [1.807, 2.05) is 48.5 Å². The zero-order valence-corrected chi connectivity index (χ0v) is 14.5. The lowest BCUT2D eigenvalue weighted by Crippen LogP contribution is -2.22. The van der Waals surface area contributed by atoms with E-state index in [2.05, 4.69) is 0 Å². The molecule has 1 aliphatic rings. The summed E-state index contributed by atoms with van der Waals surface area (Å²) in [4.78, 5) is 27.1. The molecular formula is C17H12ClNO2S2. The number of hydrogen-bond acceptors (Lipinski definition) is 4. The Hall–Kier alpha value is -1.69. The predicted octanol–water partition coefficient (Wildman–Crippen LogP) is 5.16. The van der Waals surface area contributed by atoms with Gasteiger partial charge in [0.1, 0.15) is 0 Å². The molecule has 23 heavy (non-hydrogen) atoms. The first kappa shape index (κ1) is 16.2.